The van der Waals surface area contributed by atoms with Crippen LogP contribution in [-0.4, -0.2) is 23.9 Å². The van der Waals surface area contributed by atoms with Crippen molar-refractivity contribution in [3.8, 4) is 0 Å². The first kappa shape index (κ1) is 11.9. The Balaban J connectivity index is 3.67. The third-order valence-corrected chi connectivity index (χ3v) is 2.58. The van der Waals surface area contributed by atoms with Crippen molar-refractivity contribution in [1.82, 2.24) is 0 Å². The third-order valence-electron chi connectivity index (χ3n) is 2.58. The minimum Gasteiger partial charge on any atom is -0.393 e. The molecule has 0 saturated heterocycles. The van der Waals surface area contributed by atoms with Crippen molar-refractivity contribution in [1.29, 1.82) is 0 Å². The first-order valence-electron chi connectivity index (χ1n) is 4.62. The van der Waals surface area contributed by atoms with Gasteiger partial charge >= 0.3 is 0 Å². The topological polar surface area (TPSA) is 29.5 Å². The van der Waals surface area contributed by atoms with Crippen molar-refractivity contribution < 1.29 is 9.84 Å². The molecule has 2 heteroatoms. The van der Waals surface area contributed by atoms with E-state index >= 15 is 0 Å². The largest absolute Gasteiger partial charge is 0.393 e. The average molecular weight is 174 g/mol. The Labute approximate surface area is 75.9 Å². The molecule has 0 aliphatic rings. The summed E-state index contributed by atoms with van der Waals surface area (Å²) in [5.74, 6) is 0.361. The summed E-state index contributed by atoms with van der Waals surface area (Å²) in [5.41, 5.74) is -0.0524. The SMILES string of the molecule is COC(C)(C)CCC(C)C(C)O. The molecule has 0 aromatic heterocycles. The standard InChI is InChI=1S/C10H22O2/c1-8(9(2)11)6-7-10(3,4)12-5/h8-9,11H,6-7H2,1-5H3. The second-order valence-electron chi connectivity index (χ2n) is 4.22. The molecule has 0 rings (SSSR count). The Kier molecular flexibility index (Phi) is 4.80. The predicted octanol–water partition coefficient (Wildman–Crippen LogP) is 2.21. The van der Waals surface area contributed by atoms with Gasteiger partial charge in [-0.25, -0.2) is 0 Å². The Bertz CT molecular complexity index is 119. The second kappa shape index (κ2) is 4.83. The summed E-state index contributed by atoms with van der Waals surface area (Å²) in [6.07, 6.45) is 1.80. The quantitative estimate of drug-likeness (QED) is 0.692. The summed E-state index contributed by atoms with van der Waals surface area (Å²) in [4.78, 5) is 0. The first-order chi connectivity index (χ1) is 5.39. The predicted molar refractivity (Wildman–Crippen MR) is 51.2 cm³/mol. The van der Waals surface area contributed by atoms with Gasteiger partial charge in [-0.1, -0.05) is 6.92 Å². The van der Waals surface area contributed by atoms with Crippen LogP contribution in [0.2, 0.25) is 0 Å². The van der Waals surface area contributed by atoms with E-state index in [0.29, 0.717) is 5.92 Å². The minimum atomic E-state index is -0.211. The second-order valence-corrected chi connectivity index (χ2v) is 4.22. The molecular formula is C10H22O2. The molecule has 0 bridgehead atoms. The van der Waals surface area contributed by atoms with Gasteiger partial charge in [-0.2, -0.15) is 0 Å². The van der Waals surface area contributed by atoms with Gasteiger partial charge in [0.1, 0.15) is 0 Å². The molecule has 2 atom stereocenters. The van der Waals surface area contributed by atoms with Crippen LogP contribution in [0.4, 0.5) is 0 Å². The highest BCUT2D eigenvalue weighted by Gasteiger charge is 2.18. The normalized spacial score (nSPS) is 17.5. The molecule has 0 amide bonds. The molecule has 0 saturated carbocycles. The number of ether oxygens (including phenoxy) is 1. The third kappa shape index (κ3) is 4.73. The molecule has 2 nitrogen and oxygen atoms in total. The van der Waals surface area contributed by atoms with E-state index in [-0.39, 0.29) is 11.7 Å². The van der Waals surface area contributed by atoms with Gasteiger partial charge in [-0.05, 0) is 39.5 Å². The van der Waals surface area contributed by atoms with Gasteiger partial charge in [-0.15, -0.1) is 0 Å². The van der Waals surface area contributed by atoms with Gasteiger partial charge in [0.05, 0.1) is 11.7 Å². The van der Waals surface area contributed by atoms with E-state index < -0.39 is 0 Å². The van der Waals surface area contributed by atoms with Crippen molar-refractivity contribution >= 4 is 0 Å². The molecule has 0 aliphatic carbocycles. The van der Waals surface area contributed by atoms with Crippen molar-refractivity contribution in [2.45, 2.75) is 52.2 Å². The van der Waals surface area contributed by atoms with E-state index in [1.807, 2.05) is 6.92 Å². The summed E-state index contributed by atoms with van der Waals surface area (Å²) in [7, 11) is 1.73. The van der Waals surface area contributed by atoms with Crippen LogP contribution in [-0.2, 0) is 4.74 Å². The van der Waals surface area contributed by atoms with E-state index in [1.54, 1.807) is 7.11 Å². The summed E-state index contributed by atoms with van der Waals surface area (Å²) >= 11 is 0. The smallest absolute Gasteiger partial charge is 0.0622 e. The molecule has 0 spiro atoms. The van der Waals surface area contributed by atoms with Crippen LogP contribution >= 0.6 is 0 Å². The average Bonchev–Trinajstić information content (AvgIpc) is 2.00. The molecule has 0 aromatic carbocycles. The monoisotopic (exact) mass is 174 g/mol. The maximum Gasteiger partial charge on any atom is 0.0622 e. The maximum atomic E-state index is 9.25. The molecule has 0 heterocycles. The zero-order valence-corrected chi connectivity index (χ0v) is 8.92. The van der Waals surface area contributed by atoms with Crippen LogP contribution < -0.4 is 0 Å². The lowest BCUT2D eigenvalue weighted by Gasteiger charge is -2.25. The Morgan fingerprint density at radius 3 is 2.17 bits per heavy atom. The fourth-order valence-corrected chi connectivity index (χ4v) is 0.919. The van der Waals surface area contributed by atoms with Gasteiger partial charge < -0.3 is 9.84 Å². The number of aliphatic hydroxyl groups is 1. The fraction of sp³-hybridized carbons (Fsp3) is 1.00. The number of hydrogen-bond acceptors (Lipinski definition) is 2. The molecule has 0 radical (unpaired) electrons. The lowest BCUT2D eigenvalue weighted by Crippen LogP contribution is -2.25. The van der Waals surface area contributed by atoms with Gasteiger partial charge in [0.2, 0.25) is 0 Å². The maximum absolute atomic E-state index is 9.25. The van der Waals surface area contributed by atoms with Gasteiger partial charge in [0, 0.05) is 7.11 Å². The minimum absolute atomic E-state index is 0.0524. The van der Waals surface area contributed by atoms with Gasteiger partial charge in [0.15, 0.2) is 0 Å². The zero-order valence-electron chi connectivity index (χ0n) is 8.92. The Morgan fingerprint density at radius 1 is 1.33 bits per heavy atom. The molecule has 0 aromatic rings. The van der Waals surface area contributed by atoms with Crippen LogP contribution in [0.15, 0.2) is 0 Å². The molecule has 1 N–H and O–H groups in total. The van der Waals surface area contributed by atoms with Crippen molar-refractivity contribution in [2.75, 3.05) is 7.11 Å². The van der Waals surface area contributed by atoms with Crippen LogP contribution in [0.5, 0.6) is 0 Å². The van der Waals surface area contributed by atoms with Crippen molar-refractivity contribution in [3.05, 3.63) is 0 Å². The molecular weight excluding hydrogens is 152 g/mol. The number of aliphatic hydroxyl groups excluding tert-OH is 1. The van der Waals surface area contributed by atoms with E-state index in [1.165, 1.54) is 0 Å². The van der Waals surface area contributed by atoms with E-state index in [4.69, 9.17) is 4.74 Å². The molecule has 2 unspecified atom stereocenters. The Hall–Kier alpha value is -0.0800. The van der Waals surface area contributed by atoms with Crippen LogP contribution in [0.3, 0.4) is 0 Å². The fourth-order valence-electron chi connectivity index (χ4n) is 0.919. The first-order valence-corrected chi connectivity index (χ1v) is 4.62. The van der Waals surface area contributed by atoms with E-state index in [9.17, 15) is 5.11 Å². The zero-order chi connectivity index (χ0) is 9.78. The number of rotatable bonds is 5. The molecule has 0 aliphatic heterocycles. The summed E-state index contributed by atoms with van der Waals surface area (Å²) in [6, 6.07) is 0. The van der Waals surface area contributed by atoms with Crippen LogP contribution in [0.25, 0.3) is 0 Å². The van der Waals surface area contributed by atoms with Crippen LogP contribution in [0.1, 0.15) is 40.5 Å². The molecule has 74 valence electrons. The molecule has 12 heavy (non-hydrogen) atoms. The van der Waals surface area contributed by atoms with Crippen molar-refractivity contribution in [3.63, 3.8) is 0 Å². The lowest BCUT2D eigenvalue weighted by molar-refractivity contribution is 0.00522. The summed E-state index contributed by atoms with van der Waals surface area (Å²) < 4.78 is 5.29. The summed E-state index contributed by atoms with van der Waals surface area (Å²) in [6.45, 7) is 8.05. The lowest BCUT2D eigenvalue weighted by atomic mass is 9.93. The highest BCUT2D eigenvalue weighted by atomic mass is 16.5. The Morgan fingerprint density at radius 2 is 1.83 bits per heavy atom. The van der Waals surface area contributed by atoms with Gasteiger partial charge in [-0.3, -0.25) is 0 Å². The van der Waals surface area contributed by atoms with Crippen LogP contribution in [0, 0.1) is 5.92 Å². The van der Waals surface area contributed by atoms with Crippen molar-refractivity contribution in [2.24, 2.45) is 5.92 Å². The number of hydrogen-bond donors (Lipinski definition) is 1. The van der Waals surface area contributed by atoms with Gasteiger partial charge in [0.25, 0.3) is 0 Å². The highest BCUT2D eigenvalue weighted by Crippen LogP contribution is 2.20. The summed E-state index contributed by atoms with van der Waals surface area (Å²) in [5, 5.41) is 9.25. The number of methoxy groups -OCH3 is 1. The van der Waals surface area contributed by atoms with E-state index in [0.717, 1.165) is 12.8 Å². The molecule has 0 fully saturated rings. The highest BCUT2D eigenvalue weighted by molar-refractivity contribution is 4.70. The van der Waals surface area contributed by atoms with E-state index in [2.05, 4.69) is 20.8 Å².